The molecule has 0 N–H and O–H groups in total. The Morgan fingerprint density at radius 2 is 2.50 bits per heavy atom. The molecule has 8 heavy (non-hydrogen) atoms. The van der Waals surface area contributed by atoms with Gasteiger partial charge in [-0.05, 0) is 20.3 Å². The molecule has 43 valence electrons. The van der Waals surface area contributed by atoms with E-state index < -0.39 is 0 Å². The third-order valence-corrected chi connectivity index (χ3v) is 0.781. The van der Waals surface area contributed by atoms with Crippen molar-refractivity contribution in [2.75, 3.05) is 0 Å². The smallest absolute Gasteiger partial charge is 0.0121 e. The fourth-order valence-electron chi connectivity index (χ4n) is 0.402. The summed E-state index contributed by atoms with van der Waals surface area (Å²) in [4.78, 5) is 0. The predicted molar refractivity (Wildman–Crippen MR) is 37.2 cm³/mol. The lowest BCUT2D eigenvalue weighted by Gasteiger charge is -1.84. The second kappa shape index (κ2) is 4.46. The van der Waals surface area contributed by atoms with E-state index in [0.29, 0.717) is 0 Å². The molecule has 0 saturated carbocycles. The maximum Gasteiger partial charge on any atom is 0.0121 e. The first-order valence-electron chi connectivity index (χ1n) is 2.69. The van der Waals surface area contributed by atoms with Gasteiger partial charge in [-0.2, -0.15) is 0 Å². The fourth-order valence-corrected chi connectivity index (χ4v) is 0.402. The van der Waals surface area contributed by atoms with E-state index in [9.17, 15) is 0 Å². The van der Waals surface area contributed by atoms with Crippen molar-refractivity contribution >= 4 is 0 Å². The zero-order chi connectivity index (χ0) is 6.41. The Morgan fingerprint density at radius 3 is 2.88 bits per heavy atom. The van der Waals surface area contributed by atoms with E-state index in [1.165, 1.54) is 0 Å². The normalized spacial score (nSPS) is 10.9. The number of hydrogen-bond donors (Lipinski definition) is 0. The van der Waals surface area contributed by atoms with Crippen molar-refractivity contribution in [3.8, 4) is 12.3 Å². The largest absolute Gasteiger partial charge is 0.120 e. The van der Waals surface area contributed by atoms with Crippen LogP contribution in [0.4, 0.5) is 0 Å². The predicted octanol–water partition coefficient (Wildman–Crippen LogP) is 2.18. The molecule has 0 spiro atoms. The van der Waals surface area contributed by atoms with Gasteiger partial charge in [0.05, 0.1) is 0 Å². The first kappa shape index (κ1) is 7.30. The second-order valence-electron chi connectivity index (χ2n) is 1.79. The van der Waals surface area contributed by atoms with Crippen LogP contribution in [-0.2, 0) is 0 Å². The summed E-state index contributed by atoms with van der Waals surface area (Å²) >= 11 is 0. The average Bonchev–Trinajstić information content (AvgIpc) is 1.66. The molecule has 0 unspecified atom stereocenters. The minimum Gasteiger partial charge on any atom is -0.120 e. The summed E-state index contributed by atoms with van der Waals surface area (Å²) in [5, 5.41) is 0. The summed E-state index contributed by atoms with van der Waals surface area (Å²) in [6.07, 6.45) is 8.85. The molecule has 0 fully saturated rings. The van der Waals surface area contributed by atoms with E-state index >= 15 is 0 Å². The van der Waals surface area contributed by atoms with Crippen molar-refractivity contribution in [2.45, 2.75) is 19.8 Å². The molecule has 0 amide bonds. The van der Waals surface area contributed by atoms with Gasteiger partial charge in [0.1, 0.15) is 0 Å². The molecule has 1 radical (unpaired) electrons. The Morgan fingerprint density at radius 1 is 1.88 bits per heavy atom. The van der Waals surface area contributed by atoms with E-state index in [0.717, 1.165) is 18.4 Å². The summed E-state index contributed by atoms with van der Waals surface area (Å²) in [7, 11) is 0. The van der Waals surface area contributed by atoms with Crippen LogP contribution in [-0.4, -0.2) is 0 Å². The topological polar surface area (TPSA) is 0 Å². The molecule has 0 heterocycles. The minimum atomic E-state index is 0.826. The molecule has 0 atom stereocenters. The molecule has 0 heteroatoms. The Hall–Kier alpha value is -0.700. The maximum absolute atomic E-state index is 5.02. The molecule has 0 nitrogen and oxygen atoms in total. The Labute approximate surface area is 51.6 Å². The van der Waals surface area contributed by atoms with Gasteiger partial charge in [-0.3, -0.25) is 0 Å². The van der Waals surface area contributed by atoms with E-state index in [2.05, 4.69) is 12.8 Å². The van der Waals surface area contributed by atoms with Crippen LogP contribution < -0.4 is 0 Å². The standard InChI is InChI=1S/C8H11/c1-4-5-6-7-8(2)3/h1,7H,2,5-6H2,3H3. The Bertz CT molecular complexity index is 108. The lowest BCUT2D eigenvalue weighted by Crippen LogP contribution is -1.66. The van der Waals surface area contributed by atoms with Crippen LogP contribution in [0.1, 0.15) is 19.8 Å². The quantitative estimate of drug-likeness (QED) is 0.375. The molecule has 0 aromatic carbocycles. The Kier molecular flexibility index (Phi) is 4.07. The molecule has 0 aliphatic rings. The number of unbranched alkanes of at least 4 members (excludes halogenated alkanes) is 1. The third-order valence-electron chi connectivity index (χ3n) is 0.781. The lowest BCUT2D eigenvalue weighted by molar-refractivity contribution is 1.07. The molecule has 0 rings (SSSR count). The number of hydrogen-bond acceptors (Lipinski definition) is 0. The van der Waals surface area contributed by atoms with Crippen LogP contribution in [0.2, 0.25) is 0 Å². The van der Waals surface area contributed by atoms with Gasteiger partial charge in [-0.1, -0.05) is 11.6 Å². The fraction of sp³-hybridized carbons (Fsp3) is 0.375. The van der Waals surface area contributed by atoms with Crippen LogP contribution >= 0.6 is 0 Å². The molecule has 0 saturated heterocycles. The Balaban J connectivity index is 3.20. The molecule has 0 aliphatic carbocycles. The van der Waals surface area contributed by atoms with E-state index in [1.54, 1.807) is 0 Å². The summed E-state index contributed by atoms with van der Waals surface area (Å²) in [5.41, 5.74) is 1.10. The summed E-state index contributed by atoms with van der Waals surface area (Å²) in [5.74, 6) is 2.55. The van der Waals surface area contributed by atoms with Crippen molar-refractivity contribution < 1.29 is 0 Å². The van der Waals surface area contributed by atoms with Gasteiger partial charge in [0.2, 0.25) is 0 Å². The van der Waals surface area contributed by atoms with Crippen LogP contribution in [0, 0.1) is 19.3 Å². The highest BCUT2D eigenvalue weighted by Gasteiger charge is 1.75. The van der Waals surface area contributed by atoms with Crippen molar-refractivity contribution in [3.05, 3.63) is 18.6 Å². The molecule has 0 aromatic rings. The van der Waals surface area contributed by atoms with Gasteiger partial charge in [-0.15, -0.1) is 12.3 Å². The zero-order valence-corrected chi connectivity index (χ0v) is 5.28. The van der Waals surface area contributed by atoms with Crippen LogP contribution in [0.25, 0.3) is 0 Å². The van der Waals surface area contributed by atoms with Crippen molar-refractivity contribution in [3.63, 3.8) is 0 Å². The van der Waals surface area contributed by atoms with Crippen molar-refractivity contribution in [2.24, 2.45) is 0 Å². The highest BCUT2D eigenvalue weighted by molar-refractivity contribution is 5.02. The highest BCUT2D eigenvalue weighted by Crippen LogP contribution is 1.93. The molecule has 0 bridgehead atoms. The van der Waals surface area contributed by atoms with Crippen molar-refractivity contribution in [1.82, 2.24) is 0 Å². The van der Waals surface area contributed by atoms with Crippen LogP contribution in [0.15, 0.2) is 11.6 Å². The van der Waals surface area contributed by atoms with Crippen LogP contribution in [0.3, 0.4) is 0 Å². The molecular weight excluding hydrogens is 96.1 g/mol. The van der Waals surface area contributed by atoms with Gasteiger partial charge in [0, 0.05) is 6.42 Å². The molecular formula is C8H11. The summed E-state index contributed by atoms with van der Waals surface area (Å²) in [6.45, 7) is 5.67. The first-order chi connectivity index (χ1) is 3.77. The van der Waals surface area contributed by atoms with Gasteiger partial charge < -0.3 is 0 Å². The maximum atomic E-state index is 5.02. The van der Waals surface area contributed by atoms with E-state index in [4.69, 9.17) is 6.42 Å². The summed E-state index contributed by atoms with van der Waals surface area (Å²) in [6, 6.07) is 0. The number of rotatable bonds is 2. The minimum absolute atomic E-state index is 0.826. The van der Waals surface area contributed by atoms with Gasteiger partial charge in [0.15, 0.2) is 0 Å². The van der Waals surface area contributed by atoms with Gasteiger partial charge in [0.25, 0.3) is 0 Å². The average molecular weight is 107 g/mol. The third kappa shape index (κ3) is 5.30. The van der Waals surface area contributed by atoms with E-state index in [1.807, 2.05) is 13.0 Å². The molecule has 0 aromatic heterocycles. The zero-order valence-electron chi connectivity index (χ0n) is 5.28. The highest BCUT2D eigenvalue weighted by atomic mass is 13.8. The summed E-state index contributed by atoms with van der Waals surface area (Å²) < 4.78 is 0. The van der Waals surface area contributed by atoms with E-state index in [-0.39, 0.29) is 0 Å². The van der Waals surface area contributed by atoms with Gasteiger partial charge in [-0.25, -0.2) is 0 Å². The van der Waals surface area contributed by atoms with Crippen LogP contribution in [0.5, 0.6) is 0 Å². The monoisotopic (exact) mass is 107 g/mol. The lowest BCUT2D eigenvalue weighted by atomic mass is 10.2. The van der Waals surface area contributed by atoms with Gasteiger partial charge >= 0.3 is 0 Å². The SMILES string of the molecule is C#CCCC=C([CH2])C. The van der Waals surface area contributed by atoms with Crippen molar-refractivity contribution in [1.29, 1.82) is 0 Å². The first-order valence-corrected chi connectivity index (χ1v) is 2.69. The molecule has 0 aliphatic heterocycles. The second-order valence-corrected chi connectivity index (χ2v) is 1.79. The number of terminal acetylenes is 1. The number of allylic oxidation sites excluding steroid dienone is 2.